The van der Waals surface area contributed by atoms with E-state index in [0.717, 1.165) is 0 Å². The normalized spacial score (nSPS) is 23.5. The van der Waals surface area contributed by atoms with Gasteiger partial charge in [-0.25, -0.2) is 0 Å². The lowest BCUT2D eigenvalue weighted by atomic mass is 9.95. The standard InChI is InChI=1S/C11H13F2NO/c1-14-6-10-8-4-2-3-5-9(8)11(12,13)7-15-10/h2-5,10,14H,6-7H2,1H3/t10-/m1/s1. The molecule has 1 N–H and O–H groups in total. The number of rotatable bonds is 2. The number of alkyl halides is 2. The van der Waals surface area contributed by atoms with Gasteiger partial charge in [-0.3, -0.25) is 0 Å². The molecule has 0 spiro atoms. The van der Waals surface area contributed by atoms with Crippen LogP contribution in [0.5, 0.6) is 0 Å². The summed E-state index contributed by atoms with van der Waals surface area (Å²) >= 11 is 0. The highest BCUT2D eigenvalue weighted by atomic mass is 19.3. The molecule has 15 heavy (non-hydrogen) atoms. The van der Waals surface area contributed by atoms with Crippen molar-refractivity contribution in [3.63, 3.8) is 0 Å². The Morgan fingerprint density at radius 2 is 2.20 bits per heavy atom. The number of hydrogen-bond donors (Lipinski definition) is 1. The molecule has 0 bridgehead atoms. The number of hydrogen-bond acceptors (Lipinski definition) is 2. The Morgan fingerprint density at radius 1 is 1.47 bits per heavy atom. The van der Waals surface area contributed by atoms with Crippen molar-refractivity contribution >= 4 is 0 Å². The molecule has 1 heterocycles. The second-order valence-electron chi connectivity index (χ2n) is 3.65. The molecule has 0 amide bonds. The highest BCUT2D eigenvalue weighted by Gasteiger charge is 2.40. The summed E-state index contributed by atoms with van der Waals surface area (Å²) in [7, 11) is 1.78. The van der Waals surface area contributed by atoms with Gasteiger partial charge in [-0.05, 0) is 12.6 Å². The molecule has 0 saturated carbocycles. The van der Waals surface area contributed by atoms with Gasteiger partial charge in [0.15, 0.2) is 0 Å². The van der Waals surface area contributed by atoms with Gasteiger partial charge in [-0.15, -0.1) is 0 Å². The van der Waals surface area contributed by atoms with Crippen molar-refractivity contribution in [3.8, 4) is 0 Å². The number of nitrogens with one attached hydrogen (secondary N) is 1. The predicted octanol–water partition coefficient (Wildman–Crippen LogP) is 2.07. The molecule has 2 rings (SSSR count). The number of likely N-dealkylation sites (N-methyl/N-ethyl adjacent to an activating group) is 1. The molecule has 0 aromatic heterocycles. The summed E-state index contributed by atoms with van der Waals surface area (Å²) in [5, 5.41) is 2.94. The molecule has 0 saturated heterocycles. The molecule has 82 valence electrons. The minimum Gasteiger partial charge on any atom is -0.366 e. The van der Waals surface area contributed by atoms with E-state index in [1.807, 2.05) is 0 Å². The number of benzene rings is 1. The topological polar surface area (TPSA) is 21.3 Å². The first kappa shape index (κ1) is 10.5. The molecule has 2 nitrogen and oxygen atoms in total. The van der Waals surface area contributed by atoms with Gasteiger partial charge in [0.1, 0.15) is 6.61 Å². The van der Waals surface area contributed by atoms with Gasteiger partial charge < -0.3 is 10.1 Å². The molecule has 1 aliphatic rings. The summed E-state index contributed by atoms with van der Waals surface area (Å²) in [6.07, 6.45) is -0.272. The Bertz CT molecular complexity index is 354. The number of ether oxygens (including phenoxy) is 1. The van der Waals surface area contributed by atoms with Crippen molar-refractivity contribution in [2.45, 2.75) is 12.0 Å². The van der Waals surface area contributed by atoms with Crippen LogP contribution >= 0.6 is 0 Å². The first-order chi connectivity index (χ1) is 7.15. The summed E-state index contributed by atoms with van der Waals surface area (Å²) in [6, 6.07) is 6.56. The fourth-order valence-corrected chi connectivity index (χ4v) is 1.84. The Morgan fingerprint density at radius 3 is 2.93 bits per heavy atom. The first-order valence-corrected chi connectivity index (χ1v) is 4.88. The molecule has 0 fully saturated rings. The van der Waals surface area contributed by atoms with E-state index in [0.29, 0.717) is 12.1 Å². The van der Waals surface area contributed by atoms with Gasteiger partial charge in [0.05, 0.1) is 6.10 Å². The fraction of sp³-hybridized carbons (Fsp3) is 0.455. The number of halogens is 2. The lowest BCUT2D eigenvalue weighted by Gasteiger charge is -2.31. The summed E-state index contributed by atoms with van der Waals surface area (Å²) in [5.74, 6) is -2.86. The first-order valence-electron chi connectivity index (χ1n) is 4.88. The van der Waals surface area contributed by atoms with E-state index < -0.39 is 12.5 Å². The molecule has 1 atom stereocenters. The summed E-state index contributed by atoms with van der Waals surface area (Å²) in [5.41, 5.74) is 0.680. The minimum absolute atomic E-state index is 0.0940. The highest BCUT2D eigenvalue weighted by molar-refractivity contribution is 5.34. The average molecular weight is 213 g/mol. The van der Waals surface area contributed by atoms with E-state index >= 15 is 0 Å². The van der Waals surface area contributed by atoms with Crippen LogP contribution in [0.15, 0.2) is 24.3 Å². The van der Waals surface area contributed by atoms with E-state index in [1.54, 1.807) is 25.2 Å². The van der Waals surface area contributed by atoms with Crippen LogP contribution in [-0.2, 0) is 10.7 Å². The smallest absolute Gasteiger partial charge is 0.296 e. The fourth-order valence-electron chi connectivity index (χ4n) is 1.84. The summed E-state index contributed by atoms with van der Waals surface area (Å²) < 4.78 is 32.1. The van der Waals surface area contributed by atoms with E-state index in [-0.39, 0.29) is 11.7 Å². The Kier molecular flexibility index (Phi) is 2.71. The molecular formula is C11H13F2NO. The van der Waals surface area contributed by atoms with Crippen LogP contribution < -0.4 is 5.32 Å². The van der Waals surface area contributed by atoms with Crippen LogP contribution in [0.4, 0.5) is 8.78 Å². The van der Waals surface area contributed by atoms with E-state index in [4.69, 9.17) is 4.74 Å². The summed E-state index contributed by atoms with van der Waals surface area (Å²) in [4.78, 5) is 0. The van der Waals surface area contributed by atoms with Crippen molar-refractivity contribution in [1.29, 1.82) is 0 Å². The lowest BCUT2D eigenvalue weighted by Crippen LogP contribution is -2.33. The molecule has 0 unspecified atom stereocenters. The zero-order valence-corrected chi connectivity index (χ0v) is 8.47. The molecule has 1 aromatic carbocycles. The van der Waals surface area contributed by atoms with Crippen molar-refractivity contribution in [2.75, 3.05) is 20.2 Å². The molecule has 0 aliphatic carbocycles. The van der Waals surface area contributed by atoms with Gasteiger partial charge in [0.25, 0.3) is 5.92 Å². The predicted molar refractivity (Wildman–Crippen MR) is 53.0 cm³/mol. The van der Waals surface area contributed by atoms with Crippen molar-refractivity contribution in [3.05, 3.63) is 35.4 Å². The van der Waals surface area contributed by atoms with Gasteiger partial charge in [-0.2, -0.15) is 8.78 Å². The third-order valence-electron chi connectivity index (χ3n) is 2.56. The lowest BCUT2D eigenvalue weighted by molar-refractivity contribution is -0.123. The Hall–Kier alpha value is -1.00. The maximum Gasteiger partial charge on any atom is 0.296 e. The van der Waals surface area contributed by atoms with Crippen LogP contribution in [0.25, 0.3) is 0 Å². The summed E-state index contributed by atoms with van der Waals surface area (Å²) in [6.45, 7) is 0.0173. The molecule has 0 radical (unpaired) electrons. The van der Waals surface area contributed by atoms with E-state index in [9.17, 15) is 8.78 Å². The maximum absolute atomic E-state index is 13.5. The Labute approximate surface area is 87.2 Å². The van der Waals surface area contributed by atoms with Crippen molar-refractivity contribution < 1.29 is 13.5 Å². The zero-order chi connectivity index (χ0) is 10.9. The van der Waals surface area contributed by atoms with Crippen LogP contribution in [0.1, 0.15) is 17.2 Å². The second-order valence-corrected chi connectivity index (χ2v) is 3.65. The minimum atomic E-state index is -2.86. The van der Waals surface area contributed by atoms with Gasteiger partial charge in [-0.1, -0.05) is 24.3 Å². The van der Waals surface area contributed by atoms with E-state index in [2.05, 4.69) is 5.32 Å². The second kappa shape index (κ2) is 3.87. The van der Waals surface area contributed by atoms with Crippen LogP contribution in [0.2, 0.25) is 0 Å². The third kappa shape index (κ3) is 1.87. The molecular weight excluding hydrogens is 200 g/mol. The Balaban J connectivity index is 2.39. The van der Waals surface area contributed by atoms with Crippen LogP contribution in [-0.4, -0.2) is 20.2 Å². The average Bonchev–Trinajstić information content (AvgIpc) is 2.23. The quantitative estimate of drug-likeness (QED) is 0.812. The largest absolute Gasteiger partial charge is 0.366 e. The van der Waals surface area contributed by atoms with Gasteiger partial charge in [0.2, 0.25) is 0 Å². The molecule has 1 aromatic rings. The third-order valence-corrected chi connectivity index (χ3v) is 2.56. The number of fused-ring (bicyclic) bond motifs is 1. The van der Waals surface area contributed by atoms with Crippen LogP contribution in [0, 0.1) is 0 Å². The molecule has 1 aliphatic heterocycles. The van der Waals surface area contributed by atoms with Crippen molar-refractivity contribution in [1.82, 2.24) is 5.32 Å². The highest BCUT2D eigenvalue weighted by Crippen LogP contribution is 2.39. The van der Waals surface area contributed by atoms with Crippen LogP contribution in [0.3, 0.4) is 0 Å². The van der Waals surface area contributed by atoms with Crippen molar-refractivity contribution in [2.24, 2.45) is 0 Å². The SMILES string of the molecule is CNC[C@H]1OCC(F)(F)c2ccccc21. The van der Waals surface area contributed by atoms with Gasteiger partial charge in [0, 0.05) is 12.1 Å². The maximum atomic E-state index is 13.5. The zero-order valence-electron chi connectivity index (χ0n) is 8.47. The molecule has 4 heteroatoms. The monoisotopic (exact) mass is 213 g/mol. The van der Waals surface area contributed by atoms with Gasteiger partial charge >= 0.3 is 0 Å². The van der Waals surface area contributed by atoms with E-state index in [1.165, 1.54) is 6.07 Å².